The maximum absolute atomic E-state index is 10.8. The van der Waals surface area contributed by atoms with Gasteiger partial charge < -0.3 is 10.9 Å². The second kappa shape index (κ2) is 4.06. The third kappa shape index (κ3) is 1.82. The average Bonchev–Trinajstić information content (AvgIpc) is 2.16. The first-order valence-electron chi connectivity index (χ1n) is 4.14. The zero-order valence-corrected chi connectivity index (χ0v) is 8.14. The number of carboxylic acid groups (broad SMARTS) is 1. The van der Waals surface area contributed by atoms with Crippen molar-refractivity contribution in [3.8, 4) is 0 Å². The number of carbonyl (C=O) groups is 1. The van der Waals surface area contributed by atoms with Gasteiger partial charge in [0.25, 0.3) is 0 Å². The number of likely N-dealkylation sites (N-methyl/N-ethyl adjacent to an activating group) is 1. The Morgan fingerprint density at radius 2 is 2.29 bits per heavy atom. The van der Waals surface area contributed by atoms with Gasteiger partial charge in [-0.2, -0.15) is 5.10 Å². The van der Waals surface area contributed by atoms with Crippen LogP contribution in [-0.4, -0.2) is 41.8 Å². The van der Waals surface area contributed by atoms with Gasteiger partial charge in [-0.1, -0.05) is 12.2 Å². The number of nitrogens with two attached hydrogens (primary N) is 1. The van der Waals surface area contributed by atoms with Crippen molar-refractivity contribution in [2.75, 3.05) is 14.1 Å². The maximum Gasteiger partial charge on any atom is 0.337 e. The summed E-state index contributed by atoms with van der Waals surface area (Å²) in [5.41, 5.74) is 0.527. The van der Waals surface area contributed by atoms with Crippen molar-refractivity contribution in [1.82, 2.24) is 4.90 Å². The van der Waals surface area contributed by atoms with Gasteiger partial charge in [-0.15, -0.1) is 0 Å². The first-order valence-corrected chi connectivity index (χ1v) is 4.14. The summed E-state index contributed by atoms with van der Waals surface area (Å²) in [5, 5.41) is 12.4. The molecule has 0 bridgehead atoms. The number of hydrogen-bond donors (Lipinski definition) is 2. The minimum atomic E-state index is -1.01. The first kappa shape index (κ1) is 10.5. The number of hydrogen-bond acceptors (Lipinski definition) is 4. The predicted octanol–water partition coefficient (Wildman–Crippen LogP) is -0.188. The summed E-state index contributed by atoms with van der Waals surface area (Å²) >= 11 is 0. The van der Waals surface area contributed by atoms with E-state index in [-0.39, 0.29) is 11.6 Å². The Hall–Kier alpha value is -1.62. The summed E-state index contributed by atoms with van der Waals surface area (Å²) in [6.45, 7) is 0. The molecule has 1 aliphatic carbocycles. The molecule has 0 radical (unpaired) electrons. The first-order chi connectivity index (χ1) is 6.57. The van der Waals surface area contributed by atoms with Gasteiger partial charge in [0.15, 0.2) is 0 Å². The lowest BCUT2D eigenvalue weighted by Crippen LogP contribution is -2.38. The van der Waals surface area contributed by atoms with Gasteiger partial charge in [-0.05, 0) is 20.2 Å². The molecule has 0 amide bonds. The van der Waals surface area contributed by atoms with Crippen LogP contribution in [0.1, 0.15) is 0 Å². The van der Waals surface area contributed by atoms with Crippen LogP contribution in [0.3, 0.4) is 0 Å². The van der Waals surface area contributed by atoms with Gasteiger partial charge in [0.05, 0.1) is 17.3 Å². The minimum Gasteiger partial charge on any atom is -0.478 e. The molecule has 1 aliphatic rings. The van der Waals surface area contributed by atoms with Crippen molar-refractivity contribution in [2.24, 2.45) is 10.9 Å². The predicted molar refractivity (Wildman–Crippen MR) is 54.0 cm³/mol. The van der Waals surface area contributed by atoms with Gasteiger partial charge in [0, 0.05) is 0 Å². The Kier molecular flexibility index (Phi) is 3.03. The fourth-order valence-corrected chi connectivity index (χ4v) is 1.34. The number of allylic oxidation sites excluding steroid dienone is 2. The van der Waals surface area contributed by atoms with Gasteiger partial charge in [-0.25, -0.2) is 4.79 Å². The summed E-state index contributed by atoms with van der Waals surface area (Å²) in [5.74, 6) is 4.17. The standard InChI is InChI=1S/C9H13N3O2/c1-12(2)7-5-3-4-6(9(13)14)8(7)11-10/h3-5,7H,10H2,1-2H3,(H,13,14). The van der Waals surface area contributed by atoms with Crippen molar-refractivity contribution in [2.45, 2.75) is 6.04 Å². The summed E-state index contributed by atoms with van der Waals surface area (Å²) in [4.78, 5) is 12.7. The number of rotatable bonds is 2. The highest BCUT2D eigenvalue weighted by Gasteiger charge is 2.25. The third-order valence-corrected chi connectivity index (χ3v) is 2.04. The third-order valence-electron chi connectivity index (χ3n) is 2.04. The monoisotopic (exact) mass is 195 g/mol. The molecule has 0 aromatic carbocycles. The van der Waals surface area contributed by atoms with Gasteiger partial charge in [0.1, 0.15) is 0 Å². The molecule has 0 aliphatic heterocycles. The lowest BCUT2D eigenvalue weighted by atomic mass is 9.97. The summed E-state index contributed by atoms with van der Waals surface area (Å²) < 4.78 is 0. The van der Waals surface area contributed by atoms with E-state index in [0.29, 0.717) is 5.71 Å². The van der Waals surface area contributed by atoms with Crippen LogP contribution < -0.4 is 5.84 Å². The number of nitrogens with zero attached hydrogens (tertiary/aromatic N) is 2. The molecule has 1 rings (SSSR count). The van der Waals surface area contributed by atoms with Crippen LogP contribution in [0.15, 0.2) is 28.9 Å². The van der Waals surface area contributed by atoms with Crippen molar-refractivity contribution in [3.63, 3.8) is 0 Å². The Labute approximate surface area is 82.2 Å². The molecule has 5 heteroatoms. The van der Waals surface area contributed by atoms with Crippen LogP contribution in [0, 0.1) is 0 Å². The number of hydrazone groups is 1. The van der Waals surface area contributed by atoms with Crippen LogP contribution in [0.5, 0.6) is 0 Å². The van der Waals surface area contributed by atoms with E-state index in [4.69, 9.17) is 10.9 Å². The second-order valence-electron chi connectivity index (χ2n) is 3.19. The number of aliphatic carboxylic acids is 1. The molecule has 0 aromatic heterocycles. The summed E-state index contributed by atoms with van der Waals surface area (Å²) in [6.07, 6.45) is 5.04. The molecule has 1 atom stereocenters. The molecule has 0 spiro atoms. The molecular formula is C9H13N3O2. The van der Waals surface area contributed by atoms with Crippen LogP contribution in [0.2, 0.25) is 0 Å². The van der Waals surface area contributed by atoms with E-state index in [9.17, 15) is 4.79 Å². The van der Waals surface area contributed by atoms with Crippen molar-refractivity contribution >= 4 is 11.7 Å². The van der Waals surface area contributed by atoms with E-state index in [1.807, 2.05) is 25.1 Å². The van der Waals surface area contributed by atoms with E-state index in [1.54, 1.807) is 6.08 Å². The highest BCUT2D eigenvalue weighted by atomic mass is 16.4. The van der Waals surface area contributed by atoms with E-state index in [2.05, 4.69) is 5.10 Å². The molecule has 0 saturated carbocycles. The van der Waals surface area contributed by atoms with Gasteiger partial charge >= 0.3 is 5.97 Å². The number of carboxylic acids is 1. The lowest BCUT2D eigenvalue weighted by molar-refractivity contribution is -0.132. The van der Waals surface area contributed by atoms with Gasteiger partial charge in [-0.3, -0.25) is 4.90 Å². The minimum absolute atomic E-state index is 0.147. The zero-order chi connectivity index (χ0) is 10.7. The molecule has 5 nitrogen and oxygen atoms in total. The molecule has 1 unspecified atom stereocenters. The zero-order valence-electron chi connectivity index (χ0n) is 8.14. The largest absolute Gasteiger partial charge is 0.478 e. The fourth-order valence-electron chi connectivity index (χ4n) is 1.34. The topological polar surface area (TPSA) is 78.9 Å². The molecule has 0 fully saturated rings. The maximum atomic E-state index is 10.8. The van der Waals surface area contributed by atoms with Crippen LogP contribution in [-0.2, 0) is 4.79 Å². The molecule has 0 saturated heterocycles. The Morgan fingerprint density at radius 3 is 2.71 bits per heavy atom. The lowest BCUT2D eigenvalue weighted by Gasteiger charge is -2.24. The van der Waals surface area contributed by atoms with Crippen molar-refractivity contribution in [1.29, 1.82) is 0 Å². The normalized spacial score (nSPS) is 24.1. The Bertz CT molecular complexity index is 329. The van der Waals surface area contributed by atoms with Crippen LogP contribution >= 0.6 is 0 Å². The van der Waals surface area contributed by atoms with Crippen molar-refractivity contribution in [3.05, 3.63) is 23.8 Å². The average molecular weight is 195 g/mol. The molecule has 76 valence electrons. The Balaban J connectivity index is 3.06. The molecule has 0 heterocycles. The van der Waals surface area contributed by atoms with Gasteiger partial charge in [0.2, 0.25) is 0 Å². The highest BCUT2D eigenvalue weighted by Crippen LogP contribution is 2.13. The van der Waals surface area contributed by atoms with E-state index in [0.717, 1.165) is 0 Å². The van der Waals surface area contributed by atoms with Crippen LogP contribution in [0.4, 0.5) is 0 Å². The van der Waals surface area contributed by atoms with Crippen molar-refractivity contribution < 1.29 is 9.90 Å². The van der Waals surface area contributed by atoms with E-state index >= 15 is 0 Å². The molecular weight excluding hydrogens is 182 g/mol. The summed E-state index contributed by atoms with van der Waals surface area (Å²) in [7, 11) is 3.68. The quantitative estimate of drug-likeness (QED) is 0.473. The highest BCUT2D eigenvalue weighted by molar-refractivity contribution is 6.22. The molecule has 3 N–H and O–H groups in total. The second-order valence-corrected chi connectivity index (χ2v) is 3.19. The van der Waals surface area contributed by atoms with Crippen LogP contribution in [0.25, 0.3) is 0 Å². The smallest absolute Gasteiger partial charge is 0.337 e. The van der Waals surface area contributed by atoms with E-state index in [1.165, 1.54) is 6.08 Å². The van der Waals surface area contributed by atoms with E-state index < -0.39 is 5.97 Å². The SMILES string of the molecule is CN(C)C1C=CC=C(C(=O)O)C1=NN. The summed E-state index contributed by atoms with van der Waals surface area (Å²) in [6, 6.07) is -0.170. The Morgan fingerprint density at radius 1 is 1.64 bits per heavy atom. The molecule has 14 heavy (non-hydrogen) atoms. The molecule has 0 aromatic rings. The fraction of sp³-hybridized carbons (Fsp3) is 0.333.